The summed E-state index contributed by atoms with van der Waals surface area (Å²) in [4.78, 5) is 16.0. The number of pyridine rings is 1. The van der Waals surface area contributed by atoms with E-state index in [0.717, 1.165) is 23.0 Å². The van der Waals surface area contributed by atoms with Gasteiger partial charge in [0, 0.05) is 16.7 Å². The molecule has 2 N–H and O–H groups in total. The number of halogens is 1. The van der Waals surface area contributed by atoms with Crippen molar-refractivity contribution >= 4 is 27.9 Å². The zero-order valence-corrected chi connectivity index (χ0v) is 12.1. The van der Waals surface area contributed by atoms with Crippen molar-refractivity contribution in [2.45, 2.75) is 25.4 Å². The molecule has 2 aromatic heterocycles. The maximum absolute atomic E-state index is 11.8. The first-order valence-corrected chi connectivity index (χ1v) is 6.99. The Bertz CT molecular complexity index is 626. The van der Waals surface area contributed by atoms with Crippen LogP contribution in [0.2, 0.25) is 0 Å². The minimum Gasteiger partial charge on any atom is -0.399 e. The first kappa shape index (κ1) is 13.0. The van der Waals surface area contributed by atoms with Gasteiger partial charge in [0.1, 0.15) is 0 Å². The quantitative estimate of drug-likeness (QED) is 0.863. The Kier molecular flexibility index (Phi) is 3.64. The van der Waals surface area contributed by atoms with Gasteiger partial charge in [-0.3, -0.25) is 9.78 Å². The highest BCUT2D eigenvalue weighted by Crippen LogP contribution is 2.23. The molecule has 0 unspecified atom stereocenters. The van der Waals surface area contributed by atoms with E-state index in [4.69, 9.17) is 4.42 Å². The third-order valence-electron chi connectivity index (χ3n) is 2.73. The summed E-state index contributed by atoms with van der Waals surface area (Å²) >= 11 is 3.34. The molecule has 0 spiro atoms. The van der Waals surface area contributed by atoms with E-state index >= 15 is 0 Å². The van der Waals surface area contributed by atoms with Crippen molar-refractivity contribution in [2.75, 3.05) is 5.32 Å². The Morgan fingerprint density at radius 3 is 3.05 bits per heavy atom. The molecule has 0 radical (unpaired) electrons. The Labute approximate surface area is 123 Å². The number of carbonyl (C=O) groups is 1. The summed E-state index contributed by atoms with van der Waals surface area (Å²) in [6.45, 7) is 0.298. The molecule has 7 nitrogen and oxygen atoms in total. The molecule has 0 saturated heterocycles. The molecule has 104 valence electrons. The number of hydrogen-bond acceptors (Lipinski definition) is 6. The van der Waals surface area contributed by atoms with Crippen LogP contribution in [0, 0.1) is 0 Å². The number of rotatable bonds is 5. The zero-order chi connectivity index (χ0) is 13.9. The summed E-state index contributed by atoms with van der Waals surface area (Å²) in [6, 6.07) is 4.34. The average molecular weight is 338 g/mol. The van der Waals surface area contributed by atoms with E-state index in [1.54, 1.807) is 6.20 Å². The number of aromatic nitrogens is 3. The molecule has 1 aliphatic carbocycles. The molecule has 0 bridgehead atoms. The Balaban J connectivity index is 1.56. The van der Waals surface area contributed by atoms with Gasteiger partial charge >= 0.3 is 17.8 Å². The molecule has 1 saturated carbocycles. The molecule has 1 aliphatic rings. The van der Waals surface area contributed by atoms with Crippen molar-refractivity contribution in [1.29, 1.82) is 0 Å². The van der Waals surface area contributed by atoms with Gasteiger partial charge in [-0.05, 0) is 25.0 Å². The van der Waals surface area contributed by atoms with Gasteiger partial charge in [0.25, 0.3) is 0 Å². The average Bonchev–Trinajstić information content (AvgIpc) is 3.12. The highest BCUT2D eigenvalue weighted by molar-refractivity contribution is 9.10. The van der Waals surface area contributed by atoms with Crippen LogP contribution < -0.4 is 10.6 Å². The predicted octanol–water partition coefficient (Wildman–Crippen LogP) is 1.73. The lowest BCUT2D eigenvalue weighted by Crippen LogP contribution is -2.23. The van der Waals surface area contributed by atoms with Gasteiger partial charge in [0.05, 0.1) is 12.2 Å². The van der Waals surface area contributed by atoms with Gasteiger partial charge in [-0.2, -0.15) is 0 Å². The zero-order valence-electron chi connectivity index (χ0n) is 10.5. The third-order valence-corrected chi connectivity index (χ3v) is 3.23. The van der Waals surface area contributed by atoms with Gasteiger partial charge < -0.3 is 15.1 Å². The van der Waals surface area contributed by atoms with E-state index in [0.29, 0.717) is 18.6 Å². The molecule has 0 aromatic carbocycles. The summed E-state index contributed by atoms with van der Waals surface area (Å²) in [5, 5.41) is 13.2. The summed E-state index contributed by atoms with van der Waals surface area (Å²) in [5.41, 5.74) is 0.739. The maximum Gasteiger partial charge on any atom is 0.316 e. The molecule has 0 aliphatic heterocycles. The van der Waals surface area contributed by atoms with Crippen LogP contribution >= 0.6 is 15.9 Å². The number of hydrogen-bond donors (Lipinski definition) is 2. The van der Waals surface area contributed by atoms with Gasteiger partial charge in [-0.1, -0.05) is 21.0 Å². The number of anilines is 1. The van der Waals surface area contributed by atoms with Crippen LogP contribution in [-0.4, -0.2) is 27.1 Å². The summed E-state index contributed by atoms with van der Waals surface area (Å²) < 4.78 is 6.14. The lowest BCUT2D eigenvalue weighted by Gasteiger charge is -2.02. The molecule has 2 heterocycles. The summed E-state index contributed by atoms with van der Waals surface area (Å²) in [7, 11) is 0. The van der Waals surface area contributed by atoms with E-state index in [1.807, 2.05) is 12.1 Å². The molecule has 20 heavy (non-hydrogen) atoms. The van der Waals surface area contributed by atoms with Crippen LogP contribution in [0.25, 0.3) is 0 Å². The fourth-order valence-corrected chi connectivity index (χ4v) is 1.95. The molecular formula is C12H12BrN5O2. The Morgan fingerprint density at radius 2 is 2.30 bits per heavy atom. The molecule has 1 fully saturated rings. The van der Waals surface area contributed by atoms with Crippen molar-refractivity contribution in [3.05, 3.63) is 34.4 Å². The second kappa shape index (κ2) is 5.58. The van der Waals surface area contributed by atoms with Crippen molar-refractivity contribution < 1.29 is 9.21 Å². The Hall–Kier alpha value is -1.96. The number of carbonyl (C=O) groups excluding carboxylic acids is 1. The number of nitrogens with zero attached hydrogens (tertiary/aromatic N) is 3. The van der Waals surface area contributed by atoms with Crippen LogP contribution in [0.5, 0.6) is 0 Å². The van der Waals surface area contributed by atoms with Gasteiger partial charge in [-0.15, -0.1) is 5.10 Å². The Morgan fingerprint density at radius 1 is 1.45 bits per heavy atom. The lowest BCUT2D eigenvalue weighted by atomic mass is 10.3. The third kappa shape index (κ3) is 3.32. The molecule has 3 rings (SSSR count). The van der Waals surface area contributed by atoms with Crippen molar-refractivity contribution in [3.63, 3.8) is 0 Å². The van der Waals surface area contributed by atoms with Crippen LogP contribution in [0.4, 0.5) is 6.01 Å². The van der Waals surface area contributed by atoms with E-state index in [2.05, 4.69) is 41.7 Å². The minimum atomic E-state index is -0.414. The van der Waals surface area contributed by atoms with Crippen molar-refractivity contribution in [2.24, 2.45) is 0 Å². The normalized spacial score (nSPS) is 14.1. The summed E-state index contributed by atoms with van der Waals surface area (Å²) in [5.74, 6) is -0.466. The molecule has 0 atom stereocenters. The molecule has 2 aromatic rings. The standard InChI is InChI=1S/C12H12BrN5O2/c13-7-3-4-14-9(5-7)6-15-10(19)11-17-18-12(20-11)16-8-1-2-8/h3-5,8H,1-2,6H2,(H,15,19)(H,16,18). The SMILES string of the molecule is O=C(NCc1cc(Br)ccn1)c1nnc(NC2CC2)o1. The van der Waals surface area contributed by atoms with E-state index in [1.165, 1.54) is 0 Å². The van der Waals surface area contributed by atoms with Crippen LogP contribution in [0.1, 0.15) is 29.2 Å². The van der Waals surface area contributed by atoms with Gasteiger partial charge in [0.2, 0.25) is 0 Å². The topological polar surface area (TPSA) is 92.9 Å². The van der Waals surface area contributed by atoms with Crippen molar-refractivity contribution in [1.82, 2.24) is 20.5 Å². The fourth-order valence-electron chi connectivity index (χ4n) is 1.57. The lowest BCUT2D eigenvalue weighted by molar-refractivity contribution is 0.0916. The van der Waals surface area contributed by atoms with Crippen LogP contribution in [0.15, 0.2) is 27.2 Å². The molecular weight excluding hydrogens is 326 g/mol. The van der Waals surface area contributed by atoms with Crippen molar-refractivity contribution in [3.8, 4) is 0 Å². The highest BCUT2D eigenvalue weighted by atomic mass is 79.9. The summed E-state index contributed by atoms with van der Waals surface area (Å²) in [6.07, 6.45) is 3.85. The van der Waals surface area contributed by atoms with Gasteiger partial charge in [-0.25, -0.2) is 0 Å². The van der Waals surface area contributed by atoms with Crippen LogP contribution in [0.3, 0.4) is 0 Å². The fraction of sp³-hybridized carbons (Fsp3) is 0.333. The molecule has 8 heteroatoms. The number of amides is 1. The van der Waals surface area contributed by atoms with Crippen LogP contribution in [-0.2, 0) is 6.54 Å². The van der Waals surface area contributed by atoms with Gasteiger partial charge in [0.15, 0.2) is 0 Å². The smallest absolute Gasteiger partial charge is 0.316 e. The second-order valence-electron chi connectivity index (χ2n) is 4.48. The maximum atomic E-state index is 11.8. The number of nitrogens with one attached hydrogen (secondary N) is 2. The highest BCUT2D eigenvalue weighted by Gasteiger charge is 2.24. The van der Waals surface area contributed by atoms with E-state index in [-0.39, 0.29) is 5.89 Å². The minimum absolute atomic E-state index is 0.0526. The predicted molar refractivity (Wildman–Crippen MR) is 74.0 cm³/mol. The second-order valence-corrected chi connectivity index (χ2v) is 5.39. The monoisotopic (exact) mass is 337 g/mol. The first-order valence-electron chi connectivity index (χ1n) is 6.19. The van der Waals surface area contributed by atoms with E-state index in [9.17, 15) is 4.79 Å². The largest absolute Gasteiger partial charge is 0.399 e. The molecule has 1 amide bonds. The first-order chi connectivity index (χ1) is 9.70. The van der Waals surface area contributed by atoms with E-state index < -0.39 is 5.91 Å².